The molecule has 2 aromatic rings. The van der Waals surface area contributed by atoms with Gasteiger partial charge in [0.15, 0.2) is 0 Å². The number of aryl methyl sites for hydroxylation is 2. The number of hydrogen-bond donors (Lipinski definition) is 1. The van der Waals surface area contributed by atoms with E-state index in [1.54, 1.807) is 23.1 Å². The minimum atomic E-state index is -1.19. The molecular weight excluding hydrogens is 240 g/mol. The van der Waals surface area contributed by atoms with Gasteiger partial charge in [-0.15, -0.1) is 0 Å². The summed E-state index contributed by atoms with van der Waals surface area (Å²) >= 11 is 0. The summed E-state index contributed by atoms with van der Waals surface area (Å²) in [6, 6.07) is 2.79. The zero-order chi connectivity index (χ0) is 13.1. The molecular formula is C10H10N4O4. The first-order valence-electron chi connectivity index (χ1n) is 5.13. The molecule has 18 heavy (non-hydrogen) atoms. The maximum Gasteiger partial charge on any atom is 0.352 e. The fraction of sp³-hybridized carbons (Fsp3) is 0.200. The van der Waals surface area contributed by atoms with Crippen molar-refractivity contribution in [3.8, 4) is 0 Å². The third-order valence-corrected chi connectivity index (χ3v) is 2.44. The SMILES string of the molecule is O=C(O)c1cc([N+](=O)[O-])cn1CCn1cccn1. The highest BCUT2D eigenvalue weighted by Crippen LogP contribution is 2.16. The summed E-state index contributed by atoms with van der Waals surface area (Å²) in [6.07, 6.45) is 4.56. The molecule has 0 bridgehead atoms. The Labute approximate surface area is 101 Å². The maximum atomic E-state index is 11.0. The van der Waals surface area contributed by atoms with E-state index in [2.05, 4.69) is 5.10 Å². The van der Waals surface area contributed by atoms with E-state index in [1.165, 1.54) is 10.8 Å². The van der Waals surface area contributed by atoms with E-state index in [0.29, 0.717) is 13.1 Å². The highest BCUT2D eigenvalue weighted by Gasteiger charge is 2.18. The van der Waals surface area contributed by atoms with Gasteiger partial charge in [-0.3, -0.25) is 14.8 Å². The highest BCUT2D eigenvalue weighted by molar-refractivity contribution is 5.86. The number of nitrogens with zero attached hydrogens (tertiary/aromatic N) is 4. The van der Waals surface area contributed by atoms with Crippen LogP contribution in [0.4, 0.5) is 5.69 Å². The number of rotatable bonds is 5. The average Bonchev–Trinajstić information content (AvgIpc) is 2.95. The van der Waals surface area contributed by atoms with Crippen molar-refractivity contribution in [1.29, 1.82) is 0 Å². The van der Waals surface area contributed by atoms with E-state index in [9.17, 15) is 14.9 Å². The predicted octanol–water partition coefficient (Wildman–Crippen LogP) is 0.991. The molecule has 2 rings (SSSR count). The van der Waals surface area contributed by atoms with Crippen LogP contribution in [-0.2, 0) is 13.1 Å². The lowest BCUT2D eigenvalue weighted by atomic mass is 10.4. The molecule has 2 aromatic heterocycles. The molecule has 8 heteroatoms. The zero-order valence-electron chi connectivity index (χ0n) is 9.26. The van der Waals surface area contributed by atoms with Gasteiger partial charge in [0, 0.05) is 25.0 Å². The molecule has 0 aliphatic carbocycles. The van der Waals surface area contributed by atoms with Crippen LogP contribution in [0.2, 0.25) is 0 Å². The smallest absolute Gasteiger partial charge is 0.352 e. The van der Waals surface area contributed by atoms with Crippen molar-refractivity contribution in [3.63, 3.8) is 0 Å². The fourth-order valence-electron chi connectivity index (χ4n) is 1.60. The number of nitro groups is 1. The van der Waals surface area contributed by atoms with Crippen LogP contribution in [-0.4, -0.2) is 30.3 Å². The second-order valence-electron chi connectivity index (χ2n) is 3.61. The van der Waals surface area contributed by atoms with Gasteiger partial charge in [0.2, 0.25) is 0 Å². The van der Waals surface area contributed by atoms with Gasteiger partial charge in [-0.2, -0.15) is 5.10 Å². The second kappa shape index (κ2) is 4.70. The van der Waals surface area contributed by atoms with Crippen LogP contribution in [0.5, 0.6) is 0 Å². The predicted molar refractivity (Wildman–Crippen MR) is 60.3 cm³/mol. The number of aromatic nitrogens is 3. The molecule has 0 spiro atoms. The van der Waals surface area contributed by atoms with E-state index in [4.69, 9.17) is 5.11 Å². The molecule has 94 valence electrons. The third-order valence-electron chi connectivity index (χ3n) is 2.44. The molecule has 0 radical (unpaired) electrons. The first-order valence-corrected chi connectivity index (χ1v) is 5.13. The summed E-state index contributed by atoms with van der Waals surface area (Å²) in [5, 5.41) is 23.5. The Kier molecular flexibility index (Phi) is 3.09. The highest BCUT2D eigenvalue weighted by atomic mass is 16.6. The van der Waals surface area contributed by atoms with Gasteiger partial charge >= 0.3 is 5.97 Å². The van der Waals surface area contributed by atoms with Crippen molar-refractivity contribution in [2.24, 2.45) is 0 Å². The van der Waals surface area contributed by atoms with Crippen molar-refractivity contribution in [2.75, 3.05) is 0 Å². The van der Waals surface area contributed by atoms with Crippen LogP contribution < -0.4 is 0 Å². The van der Waals surface area contributed by atoms with Crippen molar-refractivity contribution >= 4 is 11.7 Å². The molecule has 0 atom stereocenters. The lowest BCUT2D eigenvalue weighted by molar-refractivity contribution is -0.384. The largest absolute Gasteiger partial charge is 0.477 e. The van der Waals surface area contributed by atoms with Gasteiger partial charge in [0.05, 0.1) is 17.7 Å². The summed E-state index contributed by atoms with van der Waals surface area (Å²) in [4.78, 5) is 20.9. The van der Waals surface area contributed by atoms with E-state index in [0.717, 1.165) is 6.07 Å². The molecule has 0 unspecified atom stereocenters. The van der Waals surface area contributed by atoms with Crippen LogP contribution in [0.3, 0.4) is 0 Å². The number of carboxylic acid groups (broad SMARTS) is 1. The Morgan fingerprint density at radius 1 is 1.50 bits per heavy atom. The van der Waals surface area contributed by atoms with Crippen molar-refractivity contribution in [3.05, 3.63) is 46.5 Å². The summed E-state index contributed by atoms with van der Waals surface area (Å²) in [5.74, 6) is -1.19. The maximum absolute atomic E-state index is 11.0. The van der Waals surface area contributed by atoms with E-state index >= 15 is 0 Å². The molecule has 0 fully saturated rings. The third kappa shape index (κ3) is 2.37. The first kappa shape index (κ1) is 11.8. The Balaban J connectivity index is 2.20. The monoisotopic (exact) mass is 250 g/mol. The minimum absolute atomic E-state index is 0.103. The van der Waals surface area contributed by atoms with Crippen molar-refractivity contribution in [1.82, 2.24) is 14.3 Å². The normalized spacial score (nSPS) is 10.4. The molecule has 2 heterocycles. The van der Waals surface area contributed by atoms with E-state index < -0.39 is 10.9 Å². The fourth-order valence-corrected chi connectivity index (χ4v) is 1.60. The van der Waals surface area contributed by atoms with Crippen LogP contribution in [0.15, 0.2) is 30.7 Å². The first-order chi connectivity index (χ1) is 8.58. The van der Waals surface area contributed by atoms with Gasteiger partial charge < -0.3 is 9.67 Å². The molecule has 0 amide bonds. The van der Waals surface area contributed by atoms with Gasteiger partial charge in [-0.25, -0.2) is 4.79 Å². The van der Waals surface area contributed by atoms with Gasteiger partial charge in [0.1, 0.15) is 5.69 Å². The summed E-state index contributed by atoms with van der Waals surface area (Å²) in [5.41, 5.74) is -0.332. The average molecular weight is 250 g/mol. The molecule has 8 nitrogen and oxygen atoms in total. The molecule has 0 aromatic carbocycles. The minimum Gasteiger partial charge on any atom is -0.477 e. The molecule has 0 saturated heterocycles. The summed E-state index contributed by atoms with van der Waals surface area (Å²) < 4.78 is 2.96. The Morgan fingerprint density at radius 3 is 2.83 bits per heavy atom. The van der Waals surface area contributed by atoms with E-state index in [-0.39, 0.29) is 11.4 Å². The number of carboxylic acids is 1. The zero-order valence-corrected chi connectivity index (χ0v) is 9.26. The van der Waals surface area contributed by atoms with Crippen LogP contribution in [0.25, 0.3) is 0 Å². The Morgan fingerprint density at radius 2 is 2.28 bits per heavy atom. The van der Waals surface area contributed by atoms with Crippen molar-refractivity contribution < 1.29 is 14.8 Å². The molecule has 0 aliphatic heterocycles. The Bertz CT molecular complexity index is 573. The number of carbonyl (C=O) groups is 1. The second-order valence-corrected chi connectivity index (χ2v) is 3.61. The Hall–Kier alpha value is -2.64. The molecule has 0 aliphatic rings. The van der Waals surface area contributed by atoms with Crippen LogP contribution in [0.1, 0.15) is 10.5 Å². The number of hydrogen-bond acceptors (Lipinski definition) is 4. The van der Waals surface area contributed by atoms with Crippen molar-refractivity contribution in [2.45, 2.75) is 13.1 Å². The molecule has 1 N–H and O–H groups in total. The van der Waals surface area contributed by atoms with Gasteiger partial charge in [-0.1, -0.05) is 0 Å². The van der Waals surface area contributed by atoms with Crippen LogP contribution >= 0.6 is 0 Å². The van der Waals surface area contributed by atoms with Gasteiger partial charge in [0.25, 0.3) is 5.69 Å². The quantitative estimate of drug-likeness (QED) is 0.629. The summed E-state index contributed by atoms with van der Waals surface area (Å²) in [7, 11) is 0. The number of aromatic carboxylic acids is 1. The topological polar surface area (TPSA) is 103 Å². The van der Waals surface area contributed by atoms with Crippen LogP contribution in [0, 0.1) is 10.1 Å². The van der Waals surface area contributed by atoms with E-state index in [1.807, 2.05) is 0 Å². The lowest BCUT2D eigenvalue weighted by Gasteiger charge is -2.05. The standard InChI is InChI=1S/C10H10N4O4/c15-10(16)9-6-8(14(17)18)7-12(9)4-5-13-3-1-2-11-13/h1-3,6-7H,4-5H2,(H,15,16). The summed E-state index contributed by atoms with van der Waals surface area (Å²) in [6.45, 7) is 0.746. The van der Waals surface area contributed by atoms with Gasteiger partial charge in [-0.05, 0) is 6.07 Å². The lowest BCUT2D eigenvalue weighted by Crippen LogP contribution is -2.12. The molecule has 0 saturated carbocycles.